The van der Waals surface area contributed by atoms with Gasteiger partial charge in [0.05, 0.1) is 5.60 Å². The zero-order valence-electron chi connectivity index (χ0n) is 14.4. The van der Waals surface area contributed by atoms with Crippen LogP contribution in [0.3, 0.4) is 0 Å². The fraction of sp³-hybridized carbons (Fsp3) is 0.647. The van der Waals surface area contributed by atoms with Crippen LogP contribution in [0.5, 0.6) is 0 Å². The molecule has 1 rings (SSSR count). The van der Waals surface area contributed by atoms with Crippen molar-refractivity contribution in [2.24, 2.45) is 0 Å². The summed E-state index contributed by atoms with van der Waals surface area (Å²) in [7, 11) is -0.598. The quantitative estimate of drug-likeness (QED) is 0.672. The Kier molecular flexibility index (Phi) is 4.77. The molecule has 2 nitrogen and oxygen atoms in total. The normalized spacial score (nSPS) is 14.2. The van der Waals surface area contributed by atoms with Gasteiger partial charge in [0.25, 0.3) is 0 Å². The van der Waals surface area contributed by atoms with Crippen LogP contribution in [0.1, 0.15) is 66.5 Å². The van der Waals surface area contributed by atoms with Crippen LogP contribution < -0.4 is 5.73 Å². The van der Waals surface area contributed by atoms with E-state index in [4.69, 9.17) is 10.2 Å². The van der Waals surface area contributed by atoms with Crippen molar-refractivity contribution in [1.82, 2.24) is 0 Å². The van der Waals surface area contributed by atoms with Gasteiger partial charge in [0.2, 0.25) is 0 Å². The highest BCUT2D eigenvalue weighted by atomic mass is 28.2. The minimum atomic E-state index is -0.598. The van der Waals surface area contributed by atoms with Crippen molar-refractivity contribution >= 4 is 15.5 Å². The topological polar surface area (TPSA) is 35.2 Å². The summed E-state index contributed by atoms with van der Waals surface area (Å²) in [5.41, 5.74) is 9.19. The van der Waals surface area contributed by atoms with E-state index in [1.165, 1.54) is 11.1 Å². The SMILES string of the molecule is CC(C)(C)[SiH2]OC(C)(C)c1cc(N)cc(C(C)(C)C)c1. The molecule has 0 aliphatic rings. The smallest absolute Gasteiger partial charge is 0.168 e. The average Bonchev–Trinajstić information content (AvgIpc) is 2.23. The number of anilines is 1. The molecule has 0 aromatic heterocycles. The lowest BCUT2D eigenvalue weighted by molar-refractivity contribution is 0.109. The third-order valence-electron chi connectivity index (χ3n) is 3.38. The van der Waals surface area contributed by atoms with Crippen molar-refractivity contribution < 1.29 is 4.43 Å². The zero-order chi connectivity index (χ0) is 15.8. The second-order valence-corrected chi connectivity index (χ2v) is 11.2. The lowest BCUT2D eigenvalue weighted by atomic mass is 9.83. The molecule has 0 saturated heterocycles. The fourth-order valence-corrected chi connectivity index (χ4v) is 2.87. The summed E-state index contributed by atoms with van der Waals surface area (Å²) >= 11 is 0. The molecule has 0 fully saturated rings. The van der Waals surface area contributed by atoms with Gasteiger partial charge in [0.15, 0.2) is 9.76 Å². The second kappa shape index (κ2) is 5.53. The molecular formula is C17H31NOSi. The third kappa shape index (κ3) is 4.95. The van der Waals surface area contributed by atoms with Crippen LogP contribution in [-0.2, 0) is 15.4 Å². The highest BCUT2D eigenvalue weighted by Crippen LogP contribution is 2.33. The highest BCUT2D eigenvalue weighted by molar-refractivity contribution is 6.31. The lowest BCUT2D eigenvalue weighted by Crippen LogP contribution is -2.28. The minimum absolute atomic E-state index is 0.0989. The summed E-state index contributed by atoms with van der Waals surface area (Å²) in [6.07, 6.45) is 0. The maximum absolute atomic E-state index is 6.29. The summed E-state index contributed by atoms with van der Waals surface area (Å²) in [5, 5.41) is 0.296. The number of hydrogen-bond donors (Lipinski definition) is 1. The maximum Gasteiger partial charge on any atom is 0.168 e. The number of hydrogen-bond acceptors (Lipinski definition) is 2. The Balaban J connectivity index is 3.09. The molecule has 0 atom stereocenters. The predicted octanol–water partition coefficient (Wildman–Crippen LogP) is 4.12. The zero-order valence-corrected chi connectivity index (χ0v) is 15.8. The highest BCUT2D eigenvalue weighted by Gasteiger charge is 2.26. The number of benzene rings is 1. The molecule has 0 spiro atoms. The van der Waals surface area contributed by atoms with Crippen molar-refractivity contribution in [2.45, 2.75) is 71.4 Å². The Labute approximate surface area is 127 Å². The van der Waals surface area contributed by atoms with Crippen LogP contribution in [0, 0.1) is 0 Å². The molecular weight excluding hydrogens is 262 g/mol. The first kappa shape index (κ1) is 17.2. The van der Waals surface area contributed by atoms with Crippen molar-refractivity contribution in [3.05, 3.63) is 29.3 Å². The molecule has 1 aromatic rings. The van der Waals surface area contributed by atoms with Gasteiger partial charge < -0.3 is 10.2 Å². The first-order chi connectivity index (χ1) is 8.81. The van der Waals surface area contributed by atoms with Gasteiger partial charge in [-0.05, 0) is 47.6 Å². The Bertz CT molecular complexity index is 467. The number of rotatable bonds is 3. The Morgan fingerprint density at radius 3 is 1.80 bits per heavy atom. The molecule has 0 unspecified atom stereocenters. The Morgan fingerprint density at radius 2 is 1.35 bits per heavy atom. The monoisotopic (exact) mass is 293 g/mol. The first-order valence-corrected chi connectivity index (χ1v) is 8.65. The molecule has 3 heteroatoms. The van der Waals surface area contributed by atoms with Crippen molar-refractivity contribution in [1.29, 1.82) is 0 Å². The van der Waals surface area contributed by atoms with E-state index in [0.29, 0.717) is 5.04 Å². The summed E-state index contributed by atoms with van der Waals surface area (Å²) in [6, 6.07) is 6.36. The van der Waals surface area contributed by atoms with E-state index in [2.05, 4.69) is 67.5 Å². The maximum atomic E-state index is 6.29. The summed E-state index contributed by atoms with van der Waals surface area (Å²) in [6.45, 7) is 17.7. The van der Waals surface area contributed by atoms with Gasteiger partial charge in [-0.25, -0.2) is 0 Å². The molecule has 0 bridgehead atoms. The summed E-state index contributed by atoms with van der Waals surface area (Å²) in [4.78, 5) is 0. The standard InChI is InChI=1S/C17H31NOSi/c1-15(2,3)12-9-13(11-14(18)10-12)17(7,8)19-20-16(4,5)6/h9-11H,18,20H2,1-8H3. The summed E-state index contributed by atoms with van der Waals surface area (Å²) < 4.78 is 6.29. The van der Waals surface area contributed by atoms with E-state index in [1.54, 1.807) is 0 Å². The van der Waals surface area contributed by atoms with Crippen LogP contribution >= 0.6 is 0 Å². The third-order valence-corrected chi connectivity index (χ3v) is 5.11. The van der Waals surface area contributed by atoms with E-state index in [0.717, 1.165) is 5.69 Å². The van der Waals surface area contributed by atoms with Crippen LogP contribution in [0.25, 0.3) is 0 Å². The van der Waals surface area contributed by atoms with Crippen LogP contribution in [-0.4, -0.2) is 9.76 Å². The predicted molar refractivity (Wildman–Crippen MR) is 91.9 cm³/mol. The van der Waals surface area contributed by atoms with E-state index in [1.807, 2.05) is 6.07 Å². The molecule has 0 aliphatic carbocycles. The second-order valence-electron chi connectivity index (χ2n) is 8.45. The molecule has 114 valence electrons. The van der Waals surface area contributed by atoms with E-state index < -0.39 is 9.76 Å². The average molecular weight is 294 g/mol. The van der Waals surface area contributed by atoms with Crippen molar-refractivity contribution in [3.8, 4) is 0 Å². The Hall–Kier alpha value is -0.803. The van der Waals surface area contributed by atoms with Gasteiger partial charge in [-0.3, -0.25) is 0 Å². The van der Waals surface area contributed by atoms with Gasteiger partial charge in [0.1, 0.15) is 0 Å². The van der Waals surface area contributed by atoms with E-state index >= 15 is 0 Å². The van der Waals surface area contributed by atoms with E-state index in [-0.39, 0.29) is 11.0 Å². The lowest BCUT2D eigenvalue weighted by Gasteiger charge is -2.32. The van der Waals surface area contributed by atoms with Crippen molar-refractivity contribution in [2.75, 3.05) is 5.73 Å². The van der Waals surface area contributed by atoms with Gasteiger partial charge in [-0.1, -0.05) is 47.6 Å². The molecule has 0 saturated carbocycles. The van der Waals surface area contributed by atoms with Gasteiger partial charge >= 0.3 is 0 Å². The van der Waals surface area contributed by atoms with Crippen LogP contribution in [0.2, 0.25) is 5.04 Å². The first-order valence-electron chi connectivity index (χ1n) is 7.37. The molecule has 0 amide bonds. The van der Waals surface area contributed by atoms with Crippen molar-refractivity contribution in [3.63, 3.8) is 0 Å². The Morgan fingerprint density at radius 1 is 0.850 bits per heavy atom. The minimum Gasteiger partial charge on any atom is -0.415 e. The van der Waals surface area contributed by atoms with E-state index in [9.17, 15) is 0 Å². The molecule has 2 N–H and O–H groups in total. The molecule has 1 aromatic carbocycles. The number of nitrogens with two attached hydrogens (primary N) is 1. The van der Waals surface area contributed by atoms with Crippen LogP contribution in [0.15, 0.2) is 18.2 Å². The molecule has 20 heavy (non-hydrogen) atoms. The largest absolute Gasteiger partial charge is 0.415 e. The fourth-order valence-electron chi connectivity index (χ4n) is 1.91. The van der Waals surface area contributed by atoms with Gasteiger partial charge in [0, 0.05) is 5.69 Å². The molecule has 0 heterocycles. The van der Waals surface area contributed by atoms with Gasteiger partial charge in [-0.15, -0.1) is 0 Å². The summed E-state index contributed by atoms with van der Waals surface area (Å²) in [5.74, 6) is 0. The molecule has 0 radical (unpaired) electrons. The molecule has 0 aliphatic heterocycles. The van der Waals surface area contributed by atoms with Gasteiger partial charge in [-0.2, -0.15) is 0 Å². The van der Waals surface area contributed by atoms with Crippen LogP contribution in [0.4, 0.5) is 5.69 Å². The number of nitrogen functional groups attached to an aromatic ring is 1.